The topological polar surface area (TPSA) is 51.4 Å². The monoisotopic (exact) mass is 398 g/mol. The lowest BCUT2D eigenvalue weighted by atomic mass is 10.0. The number of nitrogens with zero attached hydrogens (tertiary/aromatic N) is 2. The molecule has 29 heavy (non-hydrogen) atoms. The first-order valence-corrected chi connectivity index (χ1v) is 11.2. The molecule has 6 heteroatoms. The molecule has 156 valence electrons. The lowest BCUT2D eigenvalue weighted by Gasteiger charge is -2.35. The molecular weight excluding hydrogens is 367 g/mol. The highest BCUT2D eigenvalue weighted by molar-refractivity contribution is 5.86. The van der Waals surface area contributed by atoms with Gasteiger partial charge in [-0.1, -0.05) is 12.8 Å². The second kappa shape index (κ2) is 7.98. The second-order valence-corrected chi connectivity index (χ2v) is 9.12. The largest absolute Gasteiger partial charge is 0.358 e. The van der Waals surface area contributed by atoms with Gasteiger partial charge in [0.15, 0.2) is 0 Å². The SMILES string of the molecule is O=C(NC1CCN(CC2CCCC2)CC1)N1CCc2[nH]c3ccc(F)cc3c2C1. The normalized spacial score (nSPS) is 21.6. The number of aromatic amines is 1. The third kappa shape index (κ3) is 4.00. The van der Waals surface area contributed by atoms with E-state index in [0.717, 1.165) is 60.4 Å². The van der Waals surface area contributed by atoms with Crippen LogP contribution in [0.4, 0.5) is 9.18 Å². The Bertz CT molecular complexity index is 880. The highest BCUT2D eigenvalue weighted by Gasteiger charge is 2.28. The van der Waals surface area contributed by atoms with Gasteiger partial charge in [-0.15, -0.1) is 0 Å². The Morgan fingerprint density at radius 1 is 1.14 bits per heavy atom. The lowest BCUT2D eigenvalue weighted by Crippen LogP contribution is -2.50. The van der Waals surface area contributed by atoms with Crippen LogP contribution in [0.5, 0.6) is 0 Å². The van der Waals surface area contributed by atoms with Crippen molar-refractivity contribution in [2.24, 2.45) is 5.92 Å². The van der Waals surface area contributed by atoms with Crippen molar-refractivity contribution in [1.29, 1.82) is 0 Å². The Balaban J connectivity index is 1.16. The Morgan fingerprint density at radius 2 is 1.93 bits per heavy atom. The number of aromatic nitrogens is 1. The first-order valence-electron chi connectivity index (χ1n) is 11.2. The van der Waals surface area contributed by atoms with Gasteiger partial charge in [-0.2, -0.15) is 0 Å². The van der Waals surface area contributed by atoms with Crippen molar-refractivity contribution in [3.8, 4) is 0 Å². The first-order chi connectivity index (χ1) is 14.2. The summed E-state index contributed by atoms with van der Waals surface area (Å²) < 4.78 is 13.7. The molecule has 1 aliphatic carbocycles. The van der Waals surface area contributed by atoms with E-state index < -0.39 is 0 Å². The molecule has 5 rings (SSSR count). The molecule has 3 aliphatic rings. The van der Waals surface area contributed by atoms with Crippen LogP contribution in [0.2, 0.25) is 0 Å². The number of likely N-dealkylation sites (tertiary alicyclic amines) is 1. The maximum atomic E-state index is 13.7. The van der Waals surface area contributed by atoms with E-state index in [-0.39, 0.29) is 17.9 Å². The summed E-state index contributed by atoms with van der Waals surface area (Å²) >= 11 is 0. The van der Waals surface area contributed by atoms with Crippen LogP contribution >= 0.6 is 0 Å². The summed E-state index contributed by atoms with van der Waals surface area (Å²) in [5.74, 6) is 0.662. The Morgan fingerprint density at radius 3 is 2.72 bits per heavy atom. The molecule has 0 bridgehead atoms. The zero-order valence-corrected chi connectivity index (χ0v) is 17.1. The fourth-order valence-electron chi connectivity index (χ4n) is 5.44. The van der Waals surface area contributed by atoms with Crippen molar-refractivity contribution in [2.45, 2.75) is 57.5 Å². The molecule has 0 spiro atoms. The third-order valence-corrected chi connectivity index (χ3v) is 7.13. The summed E-state index contributed by atoms with van der Waals surface area (Å²) in [5, 5.41) is 4.16. The average Bonchev–Trinajstić information content (AvgIpc) is 3.36. The molecule has 2 aromatic rings. The minimum absolute atomic E-state index is 0.0237. The molecule has 2 fully saturated rings. The Labute approximate surface area is 171 Å². The molecule has 1 saturated carbocycles. The quantitative estimate of drug-likeness (QED) is 0.820. The van der Waals surface area contributed by atoms with Crippen LogP contribution < -0.4 is 5.32 Å². The summed E-state index contributed by atoms with van der Waals surface area (Å²) in [7, 11) is 0. The van der Waals surface area contributed by atoms with E-state index in [1.807, 2.05) is 4.90 Å². The zero-order valence-electron chi connectivity index (χ0n) is 17.1. The molecule has 0 radical (unpaired) electrons. The molecule has 1 aromatic heterocycles. The molecule has 1 saturated heterocycles. The van der Waals surface area contributed by atoms with Crippen LogP contribution in [-0.4, -0.2) is 53.0 Å². The third-order valence-electron chi connectivity index (χ3n) is 7.13. The van der Waals surface area contributed by atoms with E-state index in [1.165, 1.54) is 38.3 Å². The smallest absolute Gasteiger partial charge is 0.317 e. The molecule has 1 aromatic carbocycles. The van der Waals surface area contributed by atoms with Gasteiger partial charge in [-0.25, -0.2) is 9.18 Å². The maximum absolute atomic E-state index is 13.7. The molecule has 2 N–H and O–H groups in total. The van der Waals surface area contributed by atoms with Crippen LogP contribution in [0.15, 0.2) is 18.2 Å². The van der Waals surface area contributed by atoms with Crippen molar-refractivity contribution < 1.29 is 9.18 Å². The number of amides is 2. The van der Waals surface area contributed by atoms with Crippen LogP contribution in [0, 0.1) is 11.7 Å². The van der Waals surface area contributed by atoms with E-state index in [2.05, 4.69) is 15.2 Å². The molecule has 5 nitrogen and oxygen atoms in total. The van der Waals surface area contributed by atoms with Gasteiger partial charge >= 0.3 is 6.03 Å². The number of benzene rings is 1. The Hall–Kier alpha value is -2.08. The average molecular weight is 399 g/mol. The van der Waals surface area contributed by atoms with Crippen molar-refractivity contribution in [3.05, 3.63) is 35.3 Å². The first kappa shape index (κ1) is 18.9. The van der Waals surface area contributed by atoms with Gasteiger partial charge in [0.2, 0.25) is 0 Å². The summed E-state index contributed by atoms with van der Waals surface area (Å²) in [6.45, 7) is 4.67. The number of fused-ring (bicyclic) bond motifs is 3. The number of piperidine rings is 1. The predicted octanol–water partition coefficient (Wildman–Crippen LogP) is 4.03. The highest BCUT2D eigenvalue weighted by Crippen LogP contribution is 2.29. The van der Waals surface area contributed by atoms with E-state index in [9.17, 15) is 9.18 Å². The number of carbonyl (C=O) groups excluding carboxylic acids is 1. The molecule has 0 atom stereocenters. The van der Waals surface area contributed by atoms with Crippen LogP contribution in [-0.2, 0) is 13.0 Å². The van der Waals surface area contributed by atoms with Crippen molar-refractivity contribution in [1.82, 2.24) is 20.1 Å². The van der Waals surface area contributed by atoms with E-state index in [0.29, 0.717) is 13.1 Å². The number of H-pyrrole nitrogens is 1. The van der Waals surface area contributed by atoms with Gasteiger partial charge in [-0.3, -0.25) is 0 Å². The summed E-state index contributed by atoms with van der Waals surface area (Å²) in [4.78, 5) is 20.7. The predicted molar refractivity (Wildman–Crippen MR) is 112 cm³/mol. The van der Waals surface area contributed by atoms with Gasteiger partial charge in [-0.05, 0) is 49.8 Å². The fraction of sp³-hybridized carbons (Fsp3) is 0.609. The van der Waals surface area contributed by atoms with Crippen molar-refractivity contribution in [2.75, 3.05) is 26.2 Å². The molecular formula is C23H31FN4O. The van der Waals surface area contributed by atoms with Crippen LogP contribution in [0.25, 0.3) is 10.9 Å². The number of urea groups is 1. The number of hydrogen-bond donors (Lipinski definition) is 2. The van der Waals surface area contributed by atoms with E-state index >= 15 is 0 Å². The second-order valence-electron chi connectivity index (χ2n) is 9.12. The molecule has 2 aliphatic heterocycles. The summed E-state index contributed by atoms with van der Waals surface area (Å²) in [5.41, 5.74) is 3.15. The van der Waals surface area contributed by atoms with Gasteiger partial charge in [0.05, 0.1) is 0 Å². The van der Waals surface area contributed by atoms with Gasteiger partial charge < -0.3 is 20.1 Å². The number of hydrogen-bond acceptors (Lipinski definition) is 2. The number of carbonyl (C=O) groups is 1. The number of nitrogens with one attached hydrogen (secondary N) is 2. The van der Waals surface area contributed by atoms with Crippen LogP contribution in [0.3, 0.4) is 0 Å². The lowest BCUT2D eigenvalue weighted by molar-refractivity contribution is 0.158. The van der Waals surface area contributed by atoms with Gasteiger partial charge in [0.1, 0.15) is 5.82 Å². The van der Waals surface area contributed by atoms with Crippen molar-refractivity contribution >= 4 is 16.9 Å². The maximum Gasteiger partial charge on any atom is 0.317 e. The Kier molecular flexibility index (Phi) is 5.20. The fourth-order valence-corrected chi connectivity index (χ4v) is 5.44. The minimum atomic E-state index is -0.231. The highest BCUT2D eigenvalue weighted by atomic mass is 19.1. The number of rotatable bonds is 3. The van der Waals surface area contributed by atoms with Gasteiger partial charge in [0.25, 0.3) is 0 Å². The van der Waals surface area contributed by atoms with E-state index in [1.54, 1.807) is 12.1 Å². The van der Waals surface area contributed by atoms with E-state index in [4.69, 9.17) is 0 Å². The summed E-state index contributed by atoms with van der Waals surface area (Å²) in [6, 6.07) is 5.13. The van der Waals surface area contributed by atoms with Crippen LogP contribution in [0.1, 0.15) is 49.8 Å². The van der Waals surface area contributed by atoms with Gasteiger partial charge in [0, 0.05) is 67.3 Å². The molecule has 2 amide bonds. The van der Waals surface area contributed by atoms with Crippen molar-refractivity contribution in [3.63, 3.8) is 0 Å². The summed E-state index contributed by atoms with van der Waals surface area (Å²) in [6.07, 6.45) is 8.46. The zero-order chi connectivity index (χ0) is 19.8. The minimum Gasteiger partial charge on any atom is -0.358 e. The standard InChI is InChI=1S/C23H31FN4O/c24-17-5-6-21-19(13-17)20-15-28(12-9-22(20)26-21)23(29)25-18-7-10-27(11-8-18)14-16-3-1-2-4-16/h5-6,13,16,18,26H,1-4,7-12,14-15H2,(H,25,29). The number of halogens is 1. The molecule has 0 unspecified atom stereocenters. The molecule has 3 heterocycles.